The van der Waals surface area contributed by atoms with Crippen molar-refractivity contribution in [3.63, 3.8) is 0 Å². The van der Waals surface area contributed by atoms with Gasteiger partial charge in [-0.15, -0.1) is 0 Å². The monoisotopic (exact) mass is 172 g/mol. The molecule has 1 unspecified atom stereocenters. The lowest BCUT2D eigenvalue weighted by Crippen LogP contribution is -2.25. The molecule has 2 heterocycles. The maximum atomic E-state index is 12.4. The van der Waals surface area contributed by atoms with Gasteiger partial charge >= 0.3 is 6.09 Å². The smallest absolute Gasteiger partial charge is 0.255 e. The lowest BCUT2D eigenvalue weighted by atomic mass is 10.3. The van der Waals surface area contributed by atoms with Crippen LogP contribution < -0.4 is 0 Å². The first-order valence-electron chi connectivity index (χ1n) is 2.85. The molecular weight excluding hydrogens is 171 g/mol. The lowest BCUT2D eigenvalue weighted by molar-refractivity contribution is 0.788. The van der Waals surface area contributed by atoms with Crippen molar-refractivity contribution >= 4 is 35.0 Å². The highest BCUT2D eigenvalue weighted by atomic mass is 35.5. The molecule has 0 saturated carbocycles. The molecule has 0 aromatic carbocycles. The number of rotatable bonds is 0. The molecule has 0 aromatic heterocycles. The molecule has 56 valence electrons. The average molecular weight is 173 g/mol. The quantitative estimate of drug-likeness (QED) is 0.485. The fraction of sp³-hybridized carbons (Fsp3) is 0.200. The third-order valence-corrected chi connectivity index (χ3v) is 1.57. The van der Waals surface area contributed by atoms with E-state index in [9.17, 15) is 4.39 Å². The van der Waals surface area contributed by atoms with Crippen molar-refractivity contribution in [2.75, 3.05) is 0 Å². The molecule has 0 fully saturated rings. The van der Waals surface area contributed by atoms with Crippen molar-refractivity contribution in [2.24, 2.45) is 20.0 Å². The van der Waals surface area contributed by atoms with Crippen molar-refractivity contribution in [1.29, 1.82) is 0 Å². The molecule has 2 aliphatic heterocycles. The molecule has 1 atom stereocenters. The Bertz CT molecular complexity index is 316. The van der Waals surface area contributed by atoms with Crippen LogP contribution in [0, 0.1) is 0 Å². The molecule has 0 aliphatic carbocycles. The summed E-state index contributed by atoms with van der Waals surface area (Å²) in [6.07, 6.45) is 0.426. The Kier molecular flexibility index (Phi) is 1.32. The van der Waals surface area contributed by atoms with Gasteiger partial charge in [0, 0.05) is 0 Å². The highest BCUT2D eigenvalue weighted by Crippen LogP contribution is 2.13. The maximum Gasteiger partial charge on any atom is 0.311 e. The Balaban J connectivity index is 2.45. The topological polar surface area (TPSA) is 49.4 Å². The third-order valence-electron chi connectivity index (χ3n) is 1.28. The molecule has 0 N–H and O–H groups in total. The Morgan fingerprint density at radius 1 is 1.45 bits per heavy atom. The first-order chi connectivity index (χ1) is 5.27. The number of halogens is 2. The highest BCUT2D eigenvalue weighted by Gasteiger charge is 2.27. The molecule has 0 aromatic rings. The van der Waals surface area contributed by atoms with Crippen LogP contribution in [0.2, 0.25) is 0 Å². The Labute approximate surface area is 66.2 Å². The minimum atomic E-state index is -0.865. The summed E-state index contributed by atoms with van der Waals surface area (Å²) in [5.41, 5.74) is 0. The van der Waals surface area contributed by atoms with Gasteiger partial charge in [-0.1, -0.05) is 11.6 Å². The second-order valence-electron chi connectivity index (χ2n) is 1.97. The van der Waals surface area contributed by atoms with Crippen molar-refractivity contribution < 1.29 is 4.39 Å². The highest BCUT2D eigenvalue weighted by molar-refractivity contribution is 6.70. The standard InChI is InChI=1S/C5H2ClFN4/c6-3-2-4(9-1-8-2)11-5(7)10-3/h1-2H. The van der Waals surface area contributed by atoms with Crippen LogP contribution in [0.1, 0.15) is 0 Å². The van der Waals surface area contributed by atoms with E-state index in [1.54, 1.807) is 0 Å². The molecule has 6 heteroatoms. The van der Waals surface area contributed by atoms with Crippen LogP contribution in [0.25, 0.3) is 0 Å². The Hall–Kier alpha value is -1.10. The van der Waals surface area contributed by atoms with Crippen LogP contribution >= 0.6 is 11.6 Å². The molecular formula is C5H2ClFN4. The van der Waals surface area contributed by atoms with Gasteiger partial charge in [0.2, 0.25) is 0 Å². The van der Waals surface area contributed by atoms with Gasteiger partial charge in [0.1, 0.15) is 11.5 Å². The second-order valence-corrected chi connectivity index (χ2v) is 2.36. The van der Waals surface area contributed by atoms with Crippen LogP contribution in [-0.4, -0.2) is 29.5 Å². The SMILES string of the molecule is FC1=NC2=NC=NC2C(Cl)=N1. The van der Waals surface area contributed by atoms with Crippen LogP contribution in [-0.2, 0) is 0 Å². The lowest BCUT2D eigenvalue weighted by Gasteiger charge is -2.07. The summed E-state index contributed by atoms with van der Waals surface area (Å²) in [4.78, 5) is 14.2. The van der Waals surface area contributed by atoms with Crippen molar-refractivity contribution in [3.05, 3.63) is 0 Å². The molecule has 4 nitrogen and oxygen atoms in total. The van der Waals surface area contributed by atoms with E-state index in [-0.39, 0.29) is 11.0 Å². The van der Waals surface area contributed by atoms with Gasteiger partial charge in [-0.05, 0) is 0 Å². The zero-order valence-corrected chi connectivity index (χ0v) is 5.96. The van der Waals surface area contributed by atoms with Gasteiger partial charge < -0.3 is 0 Å². The Morgan fingerprint density at radius 3 is 3.09 bits per heavy atom. The van der Waals surface area contributed by atoms with Crippen LogP contribution in [0.3, 0.4) is 0 Å². The molecule has 2 aliphatic rings. The van der Waals surface area contributed by atoms with E-state index < -0.39 is 12.1 Å². The first kappa shape index (κ1) is 6.60. The van der Waals surface area contributed by atoms with Crippen molar-refractivity contribution in [3.8, 4) is 0 Å². The van der Waals surface area contributed by atoms with Gasteiger partial charge in [-0.2, -0.15) is 14.4 Å². The summed E-state index contributed by atoms with van der Waals surface area (Å²) < 4.78 is 12.4. The largest absolute Gasteiger partial charge is 0.311 e. The van der Waals surface area contributed by atoms with E-state index in [4.69, 9.17) is 11.6 Å². The van der Waals surface area contributed by atoms with E-state index in [1.807, 2.05) is 0 Å². The predicted octanol–water partition coefficient (Wildman–Crippen LogP) is 0.772. The number of nitrogens with zero attached hydrogens (tertiary/aromatic N) is 4. The summed E-state index contributed by atoms with van der Waals surface area (Å²) in [5.74, 6) is 0.266. The van der Waals surface area contributed by atoms with Crippen LogP contribution in [0.4, 0.5) is 4.39 Å². The number of amidine groups is 2. The molecule has 0 bridgehead atoms. The predicted molar refractivity (Wildman–Crippen MR) is 41.5 cm³/mol. The van der Waals surface area contributed by atoms with Gasteiger partial charge in [-0.3, -0.25) is 4.99 Å². The van der Waals surface area contributed by atoms with E-state index in [2.05, 4.69) is 20.0 Å². The number of hydrogen-bond acceptors (Lipinski definition) is 4. The molecule has 0 radical (unpaired) electrons. The van der Waals surface area contributed by atoms with Crippen LogP contribution in [0.5, 0.6) is 0 Å². The number of fused-ring (bicyclic) bond motifs is 1. The number of hydrogen-bond donors (Lipinski definition) is 0. The Morgan fingerprint density at radius 2 is 2.27 bits per heavy atom. The minimum Gasteiger partial charge on any atom is -0.255 e. The summed E-state index contributed by atoms with van der Waals surface area (Å²) >= 11 is 5.55. The number of aliphatic imine (C=N–C) groups is 4. The van der Waals surface area contributed by atoms with Crippen molar-refractivity contribution in [1.82, 2.24) is 0 Å². The van der Waals surface area contributed by atoms with Gasteiger partial charge in [0.15, 0.2) is 11.9 Å². The fourth-order valence-corrected chi connectivity index (χ4v) is 1.05. The normalized spacial score (nSPS) is 27.5. The van der Waals surface area contributed by atoms with Crippen LogP contribution in [0.15, 0.2) is 20.0 Å². The van der Waals surface area contributed by atoms with E-state index in [0.29, 0.717) is 0 Å². The zero-order valence-electron chi connectivity index (χ0n) is 5.20. The summed E-state index contributed by atoms with van der Waals surface area (Å²) in [6.45, 7) is 0. The first-order valence-corrected chi connectivity index (χ1v) is 3.23. The summed E-state index contributed by atoms with van der Waals surface area (Å²) in [7, 11) is 0. The molecule has 0 spiro atoms. The van der Waals surface area contributed by atoms with Gasteiger partial charge in [0.25, 0.3) is 0 Å². The summed E-state index contributed by atoms with van der Waals surface area (Å²) in [5, 5.41) is 0.0741. The third kappa shape index (κ3) is 0.970. The van der Waals surface area contributed by atoms with E-state index >= 15 is 0 Å². The van der Waals surface area contributed by atoms with Gasteiger partial charge in [-0.25, -0.2) is 4.99 Å². The minimum absolute atomic E-state index is 0.0741. The zero-order chi connectivity index (χ0) is 7.84. The van der Waals surface area contributed by atoms with Crippen molar-refractivity contribution in [2.45, 2.75) is 6.04 Å². The molecule has 2 rings (SSSR count). The van der Waals surface area contributed by atoms with E-state index in [0.717, 1.165) is 0 Å². The average Bonchev–Trinajstić information content (AvgIpc) is 2.34. The summed E-state index contributed by atoms with van der Waals surface area (Å²) in [6, 6.07) is -0.476. The fourth-order valence-electron chi connectivity index (χ4n) is 0.823. The second kappa shape index (κ2) is 2.20. The van der Waals surface area contributed by atoms with Gasteiger partial charge in [0.05, 0.1) is 0 Å². The maximum absolute atomic E-state index is 12.4. The van der Waals surface area contributed by atoms with E-state index in [1.165, 1.54) is 6.34 Å². The molecule has 11 heavy (non-hydrogen) atoms. The molecule has 0 saturated heterocycles. The molecule has 0 amide bonds.